The van der Waals surface area contributed by atoms with Crippen molar-refractivity contribution >= 4 is 35.1 Å². The van der Waals surface area contributed by atoms with Crippen LogP contribution in [0.3, 0.4) is 0 Å². The lowest BCUT2D eigenvalue weighted by atomic mass is 10.0. The smallest absolute Gasteiger partial charge is 0.0606 e. The van der Waals surface area contributed by atoms with Gasteiger partial charge in [-0.3, -0.25) is 0 Å². The van der Waals surface area contributed by atoms with Gasteiger partial charge in [-0.15, -0.1) is 35.1 Å². The molecule has 0 spiro atoms. The first-order chi connectivity index (χ1) is 7.77. The molecule has 0 nitrogen and oxygen atoms in total. The molecule has 0 bridgehead atoms. The first-order valence-electron chi connectivity index (χ1n) is 5.70. The second-order valence-electron chi connectivity index (χ2n) is 4.08. The van der Waals surface area contributed by atoms with Gasteiger partial charge in [0.15, 0.2) is 0 Å². The Bertz CT molecular complexity index is 334. The number of aryl methyl sites for hydroxylation is 1. The van der Waals surface area contributed by atoms with Gasteiger partial charge in [-0.05, 0) is 42.4 Å². The van der Waals surface area contributed by atoms with Crippen molar-refractivity contribution in [1.82, 2.24) is 0 Å². The zero-order valence-electron chi connectivity index (χ0n) is 9.49. The minimum Gasteiger partial charge on any atom is -0.148 e. The maximum absolute atomic E-state index is 6.52. The predicted octanol–water partition coefficient (Wildman–Crippen LogP) is 4.86. The molecule has 1 atom stereocenters. The molecule has 1 saturated heterocycles. The van der Waals surface area contributed by atoms with Crippen LogP contribution >= 0.6 is 35.1 Å². The topological polar surface area (TPSA) is 0 Å². The van der Waals surface area contributed by atoms with Crippen LogP contribution < -0.4 is 0 Å². The highest BCUT2D eigenvalue weighted by Crippen LogP contribution is 2.39. The Kier molecular flexibility index (Phi) is 4.93. The van der Waals surface area contributed by atoms with Gasteiger partial charge >= 0.3 is 0 Å². The number of hydrogen-bond acceptors (Lipinski definition) is 2. The van der Waals surface area contributed by atoms with E-state index in [4.69, 9.17) is 11.6 Å². The van der Waals surface area contributed by atoms with E-state index in [1.54, 1.807) is 0 Å². The van der Waals surface area contributed by atoms with Gasteiger partial charge in [0, 0.05) is 0 Å². The maximum Gasteiger partial charge on any atom is 0.0606 e. The van der Waals surface area contributed by atoms with Gasteiger partial charge < -0.3 is 0 Å². The van der Waals surface area contributed by atoms with Crippen molar-refractivity contribution in [1.29, 1.82) is 0 Å². The molecule has 3 heteroatoms. The number of rotatable bonds is 3. The highest BCUT2D eigenvalue weighted by Gasteiger charge is 2.20. The molecule has 0 amide bonds. The molecule has 1 aliphatic heterocycles. The van der Waals surface area contributed by atoms with Crippen molar-refractivity contribution in [2.24, 2.45) is 0 Å². The summed E-state index contributed by atoms with van der Waals surface area (Å²) < 4.78 is 0.691. The van der Waals surface area contributed by atoms with E-state index >= 15 is 0 Å². The summed E-state index contributed by atoms with van der Waals surface area (Å²) in [5.41, 5.74) is 2.62. The van der Waals surface area contributed by atoms with Crippen LogP contribution in [0.5, 0.6) is 0 Å². The monoisotopic (exact) mass is 272 g/mol. The van der Waals surface area contributed by atoms with E-state index in [2.05, 4.69) is 54.7 Å². The van der Waals surface area contributed by atoms with E-state index in [0.29, 0.717) is 4.58 Å². The summed E-state index contributed by atoms with van der Waals surface area (Å²) in [6.45, 7) is 2.14. The lowest BCUT2D eigenvalue weighted by Gasteiger charge is -2.23. The number of benzene rings is 1. The third kappa shape index (κ3) is 3.35. The van der Waals surface area contributed by atoms with Crippen LogP contribution in [0.4, 0.5) is 0 Å². The fourth-order valence-corrected chi connectivity index (χ4v) is 5.49. The van der Waals surface area contributed by atoms with E-state index in [0.717, 1.165) is 6.42 Å². The first kappa shape index (κ1) is 12.7. The molecule has 0 saturated carbocycles. The Balaban J connectivity index is 1.96. The van der Waals surface area contributed by atoms with E-state index < -0.39 is 0 Å². The van der Waals surface area contributed by atoms with Crippen molar-refractivity contribution in [3.05, 3.63) is 35.4 Å². The normalized spacial score (nSPS) is 19.6. The van der Waals surface area contributed by atoms with Gasteiger partial charge in [0.05, 0.1) is 9.96 Å². The average molecular weight is 273 g/mol. The Morgan fingerprint density at radius 3 is 2.69 bits per heavy atom. The van der Waals surface area contributed by atoms with Crippen LogP contribution in [-0.4, -0.2) is 16.1 Å². The van der Waals surface area contributed by atoms with Gasteiger partial charge in [0.25, 0.3) is 0 Å². The summed E-state index contributed by atoms with van der Waals surface area (Å²) in [7, 11) is 0. The second-order valence-corrected chi connectivity index (χ2v) is 7.53. The molecule has 88 valence electrons. The van der Waals surface area contributed by atoms with Crippen molar-refractivity contribution in [3.8, 4) is 0 Å². The first-order valence-corrected chi connectivity index (χ1v) is 8.23. The quantitative estimate of drug-likeness (QED) is 0.721. The average Bonchev–Trinajstić information content (AvgIpc) is 2.31. The van der Waals surface area contributed by atoms with E-state index in [9.17, 15) is 0 Å². The number of hydrogen-bond donors (Lipinski definition) is 0. The minimum absolute atomic E-state index is 0.171. The van der Waals surface area contributed by atoms with Crippen LogP contribution in [0.2, 0.25) is 0 Å². The Labute approximate surface area is 112 Å². The van der Waals surface area contributed by atoms with E-state index in [1.165, 1.54) is 29.1 Å². The molecular weight excluding hydrogens is 256 g/mol. The third-order valence-electron chi connectivity index (χ3n) is 2.82. The van der Waals surface area contributed by atoms with Crippen molar-refractivity contribution in [2.75, 3.05) is 11.5 Å². The number of halogens is 1. The highest BCUT2D eigenvalue weighted by atomic mass is 35.5. The molecular formula is C13H17ClS2. The second kappa shape index (κ2) is 6.23. The molecule has 1 aromatic rings. The standard InChI is InChI=1S/C13H17ClS2/c1-10-5-2-3-6-11(10)12(14)9-13-15-7-4-8-16-13/h2-3,5-6,12-13H,4,7-9H2,1H3. The van der Waals surface area contributed by atoms with Crippen LogP contribution in [0.1, 0.15) is 29.3 Å². The summed E-state index contributed by atoms with van der Waals surface area (Å²) in [4.78, 5) is 0. The van der Waals surface area contributed by atoms with Crippen molar-refractivity contribution in [2.45, 2.75) is 29.7 Å². The number of alkyl halides is 1. The van der Waals surface area contributed by atoms with Crippen molar-refractivity contribution in [3.63, 3.8) is 0 Å². The fourth-order valence-electron chi connectivity index (χ4n) is 1.91. The molecule has 1 fully saturated rings. The lowest BCUT2D eigenvalue weighted by Crippen LogP contribution is -2.09. The summed E-state index contributed by atoms with van der Waals surface area (Å²) >= 11 is 10.7. The fraction of sp³-hybridized carbons (Fsp3) is 0.538. The van der Waals surface area contributed by atoms with Crippen molar-refractivity contribution < 1.29 is 0 Å². The predicted molar refractivity (Wildman–Crippen MR) is 77.7 cm³/mol. The van der Waals surface area contributed by atoms with E-state index in [-0.39, 0.29) is 5.38 Å². The molecule has 0 radical (unpaired) electrons. The molecule has 1 aromatic carbocycles. The van der Waals surface area contributed by atoms with Crippen LogP contribution in [0.25, 0.3) is 0 Å². The maximum atomic E-state index is 6.52. The molecule has 0 aliphatic carbocycles. The lowest BCUT2D eigenvalue weighted by molar-refractivity contribution is 0.854. The largest absolute Gasteiger partial charge is 0.148 e. The Hall–Kier alpha value is 0.210. The SMILES string of the molecule is Cc1ccccc1C(Cl)CC1SCCCS1. The summed E-state index contributed by atoms with van der Waals surface area (Å²) in [5, 5.41) is 0.171. The Morgan fingerprint density at radius 1 is 1.31 bits per heavy atom. The Morgan fingerprint density at radius 2 is 2.00 bits per heavy atom. The molecule has 0 aromatic heterocycles. The summed E-state index contributed by atoms with van der Waals surface area (Å²) in [5.74, 6) is 2.60. The van der Waals surface area contributed by atoms with Crippen LogP contribution in [-0.2, 0) is 0 Å². The van der Waals surface area contributed by atoms with Crippen LogP contribution in [0, 0.1) is 6.92 Å². The highest BCUT2D eigenvalue weighted by molar-refractivity contribution is 8.17. The van der Waals surface area contributed by atoms with Gasteiger partial charge in [-0.25, -0.2) is 0 Å². The summed E-state index contributed by atoms with van der Waals surface area (Å²) in [6.07, 6.45) is 2.44. The molecule has 2 rings (SSSR count). The number of thioether (sulfide) groups is 2. The van der Waals surface area contributed by atoms with Gasteiger partial charge in [-0.2, -0.15) is 0 Å². The van der Waals surface area contributed by atoms with Gasteiger partial charge in [0.2, 0.25) is 0 Å². The minimum atomic E-state index is 0.171. The third-order valence-corrected chi connectivity index (χ3v) is 6.23. The molecule has 16 heavy (non-hydrogen) atoms. The van der Waals surface area contributed by atoms with E-state index in [1.807, 2.05) is 0 Å². The van der Waals surface area contributed by atoms with Crippen LogP contribution in [0.15, 0.2) is 24.3 Å². The zero-order chi connectivity index (χ0) is 11.4. The molecule has 1 unspecified atom stereocenters. The molecule has 0 N–H and O–H groups in total. The van der Waals surface area contributed by atoms with Gasteiger partial charge in [0.1, 0.15) is 0 Å². The zero-order valence-corrected chi connectivity index (χ0v) is 11.9. The summed E-state index contributed by atoms with van der Waals surface area (Å²) in [6, 6.07) is 8.46. The van der Waals surface area contributed by atoms with Gasteiger partial charge in [-0.1, -0.05) is 24.3 Å². The molecule has 1 aliphatic rings. The molecule has 1 heterocycles.